The van der Waals surface area contributed by atoms with Gasteiger partial charge < -0.3 is 0 Å². The van der Waals surface area contributed by atoms with E-state index in [4.69, 9.17) is 5.26 Å². The van der Waals surface area contributed by atoms with Gasteiger partial charge in [0.2, 0.25) is 0 Å². The van der Waals surface area contributed by atoms with E-state index in [1.54, 1.807) is 6.20 Å². The molecular weight excluding hydrogens is 136 g/mol. The summed E-state index contributed by atoms with van der Waals surface area (Å²) in [5.74, 6) is 0.0960. The number of fused-ring (bicyclic) bond motifs is 1. The summed E-state index contributed by atoms with van der Waals surface area (Å²) >= 11 is 0. The second kappa shape index (κ2) is 2.35. The lowest BCUT2D eigenvalue weighted by Crippen LogP contribution is -1.88. The lowest BCUT2D eigenvalue weighted by molar-refractivity contribution is 0.822. The molecule has 0 aliphatic heterocycles. The molecule has 0 amide bonds. The first kappa shape index (κ1) is 6.36. The fourth-order valence-electron chi connectivity index (χ4n) is 1.55. The van der Waals surface area contributed by atoms with Crippen LogP contribution in [-0.2, 0) is 6.42 Å². The first-order valence-electron chi connectivity index (χ1n) is 3.75. The molecule has 1 unspecified atom stereocenters. The highest BCUT2D eigenvalue weighted by Gasteiger charge is 2.21. The van der Waals surface area contributed by atoms with Gasteiger partial charge in [0.15, 0.2) is 0 Å². The zero-order valence-corrected chi connectivity index (χ0v) is 6.12. The molecule has 0 spiro atoms. The van der Waals surface area contributed by atoms with E-state index in [1.807, 2.05) is 12.1 Å². The molecule has 2 heteroatoms. The Hall–Kier alpha value is -1.36. The topological polar surface area (TPSA) is 36.7 Å². The van der Waals surface area contributed by atoms with Gasteiger partial charge in [-0.3, -0.25) is 4.98 Å². The van der Waals surface area contributed by atoms with Gasteiger partial charge in [-0.15, -0.1) is 0 Å². The van der Waals surface area contributed by atoms with Crippen LogP contribution in [0.1, 0.15) is 23.6 Å². The number of aryl methyl sites for hydroxylation is 1. The van der Waals surface area contributed by atoms with Crippen LogP contribution in [-0.4, -0.2) is 4.98 Å². The van der Waals surface area contributed by atoms with Crippen molar-refractivity contribution in [1.29, 1.82) is 5.26 Å². The summed E-state index contributed by atoms with van der Waals surface area (Å²) in [6, 6.07) is 6.18. The summed E-state index contributed by atoms with van der Waals surface area (Å²) in [6.45, 7) is 0. The van der Waals surface area contributed by atoms with Crippen molar-refractivity contribution in [2.75, 3.05) is 0 Å². The van der Waals surface area contributed by atoms with Crippen LogP contribution in [0.3, 0.4) is 0 Å². The van der Waals surface area contributed by atoms with E-state index in [2.05, 4.69) is 11.1 Å². The Morgan fingerprint density at radius 3 is 3.36 bits per heavy atom. The average molecular weight is 144 g/mol. The Kier molecular flexibility index (Phi) is 1.36. The summed E-state index contributed by atoms with van der Waals surface area (Å²) in [7, 11) is 0. The molecule has 1 aliphatic carbocycles. The maximum atomic E-state index is 8.74. The molecule has 2 nitrogen and oxygen atoms in total. The van der Waals surface area contributed by atoms with Crippen LogP contribution in [0.5, 0.6) is 0 Å². The van der Waals surface area contributed by atoms with Gasteiger partial charge in [0, 0.05) is 11.9 Å². The average Bonchev–Trinajstić information content (AvgIpc) is 2.47. The zero-order chi connectivity index (χ0) is 7.68. The minimum Gasteiger partial charge on any atom is -0.261 e. The molecule has 0 fully saturated rings. The van der Waals surface area contributed by atoms with Crippen LogP contribution >= 0.6 is 0 Å². The molecule has 0 radical (unpaired) electrons. The Morgan fingerprint density at radius 1 is 1.64 bits per heavy atom. The smallest absolute Gasteiger partial charge is 0.0734 e. The highest BCUT2D eigenvalue weighted by atomic mass is 14.7. The lowest BCUT2D eigenvalue weighted by atomic mass is 10.1. The van der Waals surface area contributed by atoms with Gasteiger partial charge in [-0.1, -0.05) is 6.07 Å². The summed E-state index contributed by atoms with van der Waals surface area (Å²) in [6.07, 6.45) is 3.70. The van der Waals surface area contributed by atoms with Crippen molar-refractivity contribution in [2.45, 2.75) is 18.8 Å². The van der Waals surface area contributed by atoms with E-state index in [0.717, 1.165) is 24.1 Å². The Morgan fingerprint density at radius 2 is 2.55 bits per heavy atom. The largest absolute Gasteiger partial charge is 0.261 e. The summed E-state index contributed by atoms with van der Waals surface area (Å²) in [5.41, 5.74) is 2.24. The number of nitriles is 1. The second-order valence-corrected chi connectivity index (χ2v) is 2.76. The Labute approximate surface area is 65.5 Å². The molecule has 1 aromatic rings. The molecule has 1 heterocycles. The number of hydrogen-bond acceptors (Lipinski definition) is 2. The van der Waals surface area contributed by atoms with Gasteiger partial charge in [-0.25, -0.2) is 0 Å². The van der Waals surface area contributed by atoms with Crippen LogP contribution in [0.15, 0.2) is 18.3 Å². The monoisotopic (exact) mass is 144 g/mol. The lowest BCUT2D eigenvalue weighted by Gasteiger charge is -1.98. The third-order valence-electron chi connectivity index (χ3n) is 2.13. The van der Waals surface area contributed by atoms with Crippen molar-refractivity contribution in [3.05, 3.63) is 29.6 Å². The van der Waals surface area contributed by atoms with Gasteiger partial charge in [0.05, 0.1) is 12.0 Å². The SMILES string of the molecule is N#CC1CCc2ncccc21. The highest BCUT2D eigenvalue weighted by molar-refractivity contribution is 5.33. The predicted molar refractivity (Wildman–Crippen MR) is 40.9 cm³/mol. The molecule has 0 saturated carbocycles. The molecule has 0 saturated heterocycles. The Balaban J connectivity index is 2.49. The summed E-state index contributed by atoms with van der Waals surface area (Å²) in [4.78, 5) is 4.21. The van der Waals surface area contributed by atoms with Crippen molar-refractivity contribution in [2.24, 2.45) is 0 Å². The minimum atomic E-state index is 0.0960. The van der Waals surface area contributed by atoms with Crippen molar-refractivity contribution in [3.8, 4) is 6.07 Å². The molecule has 1 atom stereocenters. The molecular formula is C9H8N2. The standard InChI is InChI=1S/C9H8N2/c10-6-7-3-4-9-8(7)2-1-5-11-9/h1-2,5,7H,3-4H2. The predicted octanol–water partition coefficient (Wildman–Crippen LogP) is 1.63. The maximum Gasteiger partial charge on any atom is 0.0734 e. The van der Waals surface area contributed by atoms with Crippen molar-refractivity contribution in [3.63, 3.8) is 0 Å². The molecule has 1 aromatic heterocycles. The molecule has 0 aromatic carbocycles. The fraction of sp³-hybridized carbons (Fsp3) is 0.333. The molecule has 2 rings (SSSR count). The van der Waals surface area contributed by atoms with Crippen LogP contribution in [0.25, 0.3) is 0 Å². The highest BCUT2D eigenvalue weighted by Crippen LogP contribution is 2.30. The van der Waals surface area contributed by atoms with Gasteiger partial charge in [-0.05, 0) is 24.5 Å². The van der Waals surface area contributed by atoms with E-state index in [9.17, 15) is 0 Å². The second-order valence-electron chi connectivity index (χ2n) is 2.76. The molecule has 54 valence electrons. The normalized spacial score (nSPS) is 20.8. The van der Waals surface area contributed by atoms with Gasteiger partial charge in [0.25, 0.3) is 0 Å². The van der Waals surface area contributed by atoms with E-state index in [0.29, 0.717) is 0 Å². The van der Waals surface area contributed by atoms with Crippen LogP contribution in [0.2, 0.25) is 0 Å². The summed E-state index contributed by atoms with van der Waals surface area (Å²) < 4.78 is 0. The zero-order valence-electron chi connectivity index (χ0n) is 6.12. The van der Waals surface area contributed by atoms with Crippen LogP contribution < -0.4 is 0 Å². The molecule has 11 heavy (non-hydrogen) atoms. The molecule has 0 N–H and O–H groups in total. The third-order valence-corrected chi connectivity index (χ3v) is 2.13. The van der Waals surface area contributed by atoms with Crippen LogP contribution in [0, 0.1) is 11.3 Å². The quantitative estimate of drug-likeness (QED) is 0.555. The number of pyridine rings is 1. The van der Waals surface area contributed by atoms with E-state index < -0.39 is 0 Å². The molecule has 0 bridgehead atoms. The first-order chi connectivity index (χ1) is 5.42. The van der Waals surface area contributed by atoms with E-state index in [1.165, 1.54) is 0 Å². The number of hydrogen-bond donors (Lipinski definition) is 0. The number of nitrogens with zero attached hydrogens (tertiary/aromatic N) is 2. The van der Waals surface area contributed by atoms with Gasteiger partial charge >= 0.3 is 0 Å². The third kappa shape index (κ3) is 0.894. The summed E-state index contributed by atoms with van der Waals surface area (Å²) in [5, 5.41) is 8.74. The van der Waals surface area contributed by atoms with Gasteiger partial charge in [-0.2, -0.15) is 5.26 Å². The Bertz CT molecular complexity index is 312. The fourth-order valence-corrected chi connectivity index (χ4v) is 1.55. The first-order valence-corrected chi connectivity index (χ1v) is 3.75. The van der Waals surface area contributed by atoms with Crippen molar-refractivity contribution < 1.29 is 0 Å². The minimum absolute atomic E-state index is 0.0960. The maximum absolute atomic E-state index is 8.74. The van der Waals surface area contributed by atoms with Crippen molar-refractivity contribution in [1.82, 2.24) is 4.98 Å². The van der Waals surface area contributed by atoms with Gasteiger partial charge in [0.1, 0.15) is 0 Å². The number of aromatic nitrogens is 1. The van der Waals surface area contributed by atoms with Crippen LogP contribution in [0.4, 0.5) is 0 Å². The number of rotatable bonds is 0. The van der Waals surface area contributed by atoms with E-state index >= 15 is 0 Å². The van der Waals surface area contributed by atoms with E-state index in [-0.39, 0.29) is 5.92 Å². The molecule has 1 aliphatic rings. The van der Waals surface area contributed by atoms with Crippen molar-refractivity contribution >= 4 is 0 Å².